The standard InChI is InChI=1S/C9H8ClNO4/c10-2-1-5-3-6(8(12)13)7(9(14)15)11-4-5/h3-4H,1-2H2,(H,12,13)(H,14,15). The molecule has 2 N–H and O–H groups in total. The second kappa shape index (κ2) is 4.75. The Bertz CT molecular complexity index is 405. The van der Waals surface area contributed by atoms with E-state index in [-0.39, 0.29) is 5.56 Å². The number of pyridine rings is 1. The molecule has 0 saturated heterocycles. The Morgan fingerprint density at radius 2 is 2.00 bits per heavy atom. The summed E-state index contributed by atoms with van der Waals surface area (Å²) in [4.78, 5) is 25.0. The average molecular weight is 230 g/mol. The molecule has 1 aromatic rings. The van der Waals surface area contributed by atoms with Crippen molar-refractivity contribution in [1.82, 2.24) is 4.98 Å². The summed E-state index contributed by atoms with van der Waals surface area (Å²) in [5.41, 5.74) is -0.168. The van der Waals surface area contributed by atoms with Crippen LogP contribution in [0.4, 0.5) is 0 Å². The summed E-state index contributed by atoms with van der Waals surface area (Å²) < 4.78 is 0. The van der Waals surface area contributed by atoms with E-state index in [0.29, 0.717) is 17.9 Å². The third kappa shape index (κ3) is 2.66. The van der Waals surface area contributed by atoms with Crippen molar-refractivity contribution in [3.63, 3.8) is 0 Å². The zero-order valence-corrected chi connectivity index (χ0v) is 8.36. The number of halogens is 1. The molecule has 0 saturated carbocycles. The molecule has 1 heterocycles. The van der Waals surface area contributed by atoms with Crippen molar-refractivity contribution in [3.8, 4) is 0 Å². The monoisotopic (exact) mass is 229 g/mol. The van der Waals surface area contributed by atoms with Gasteiger partial charge in [0.15, 0.2) is 5.69 Å². The topological polar surface area (TPSA) is 87.5 Å². The molecule has 5 nitrogen and oxygen atoms in total. The lowest BCUT2D eigenvalue weighted by Crippen LogP contribution is -2.11. The lowest BCUT2D eigenvalue weighted by atomic mass is 10.1. The molecule has 1 aromatic heterocycles. The van der Waals surface area contributed by atoms with Crippen LogP contribution in [0.3, 0.4) is 0 Å². The predicted molar refractivity (Wildman–Crippen MR) is 52.6 cm³/mol. The van der Waals surface area contributed by atoms with E-state index in [1.54, 1.807) is 0 Å². The molecule has 0 atom stereocenters. The van der Waals surface area contributed by atoms with Crippen LogP contribution in [0, 0.1) is 0 Å². The Hall–Kier alpha value is -1.62. The number of carbonyl (C=O) groups is 2. The smallest absolute Gasteiger partial charge is 0.355 e. The van der Waals surface area contributed by atoms with Gasteiger partial charge in [0.05, 0.1) is 5.56 Å². The number of rotatable bonds is 4. The maximum Gasteiger partial charge on any atom is 0.355 e. The van der Waals surface area contributed by atoms with Gasteiger partial charge in [0.1, 0.15) is 0 Å². The number of carboxylic acid groups (broad SMARTS) is 2. The molecule has 80 valence electrons. The molecule has 1 rings (SSSR count). The second-order valence-corrected chi connectivity index (χ2v) is 3.17. The Balaban J connectivity index is 3.21. The molecule has 0 fully saturated rings. The highest BCUT2D eigenvalue weighted by Gasteiger charge is 2.17. The van der Waals surface area contributed by atoms with E-state index >= 15 is 0 Å². The van der Waals surface area contributed by atoms with Gasteiger partial charge in [-0.05, 0) is 18.1 Å². The number of aromatic carboxylic acids is 2. The van der Waals surface area contributed by atoms with E-state index in [1.165, 1.54) is 12.3 Å². The molecule has 0 amide bonds. The third-order valence-corrected chi connectivity index (χ3v) is 1.95. The van der Waals surface area contributed by atoms with Crippen molar-refractivity contribution in [2.75, 3.05) is 5.88 Å². The average Bonchev–Trinajstić information content (AvgIpc) is 2.17. The van der Waals surface area contributed by atoms with Gasteiger partial charge in [0, 0.05) is 12.1 Å². The molecular weight excluding hydrogens is 222 g/mol. The summed E-state index contributed by atoms with van der Waals surface area (Å²) >= 11 is 5.48. The predicted octanol–water partition coefficient (Wildman–Crippen LogP) is 1.26. The molecular formula is C9H8ClNO4. The number of hydrogen-bond donors (Lipinski definition) is 2. The highest BCUT2D eigenvalue weighted by Crippen LogP contribution is 2.10. The first kappa shape index (κ1) is 11.5. The van der Waals surface area contributed by atoms with Crippen LogP contribution in [-0.2, 0) is 6.42 Å². The number of hydrogen-bond acceptors (Lipinski definition) is 3. The highest BCUT2D eigenvalue weighted by molar-refractivity contribution is 6.18. The molecule has 6 heteroatoms. The van der Waals surface area contributed by atoms with E-state index < -0.39 is 17.6 Å². The minimum atomic E-state index is -1.36. The quantitative estimate of drug-likeness (QED) is 0.759. The number of aryl methyl sites for hydroxylation is 1. The Morgan fingerprint density at radius 3 is 2.47 bits per heavy atom. The third-order valence-electron chi connectivity index (χ3n) is 1.76. The molecule has 0 aliphatic rings. The summed E-state index contributed by atoms with van der Waals surface area (Å²) in [5.74, 6) is -2.34. The Labute approximate surface area is 90.3 Å². The van der Waals surface area contributed by atoms with Gasteiger partial charge in [0.25, 0.3) is 0 Å². The Kier molecular flexibility index (Phi) is 3.62. The van der Waals surface area contributed by atoms with E-state index in [4.69, 9.17) is 21.8 Å². The molecule has 0 bridgehead atoms. The fourth-order valence-corrected chi connectivity index (χ4v) is 1.31. The van der Waals surface area contributed by atoms with Crippen LogP contribution < -0.4 is 0 Å². The largest absolute Gasteiger partial charge is 0.478 e. The van der Waals surface area contributed by atoms with E-state index in [0.717, 1.165) is 0 Å². The fraction of sp³-hybridized carbons (Fsp3) is 0.222. The summed E-state index contributed by atoms with van der Waals surface area (Å²) in [6.45, 7) is 0. The number of carboxylic acids is 2. The van der Waals surface area contributed by atoms with Crippen molar-refractivity contribution in [2.45, 2.75) is 6.42 Å². The molecule has 0 aliphatic carbocycles. The number of alkyl halides is 1. The summed E-state index contributed by atoms with van der Waals surface area (Å²) in [6, 6.07) is 1.28. The van der Waals surface area contributed by atoms with Gasteiger partial charge in [-0.1, -0.05) is 0 Å². The van der Waals surface area contributed by atoms with Gasteiger partial charge in [-0.3, -0.25) is 0 Å². The zero-order valence-electron chi connectivity index (χ0n) is 7.61. The summed E-state index contributed by atoms with van der Waals surface area (Å²) in [6.07, 6.45) is 1.77. The van der Waals surface area contributed by atoms with Crippen LogP contribution in [0.1, 0.15) is 26.4 Å². The van der Waals surface area contributed by atoms with Crippen LogP contribution in [-0.4, -0.2) is 33.0 Å². The SMILES string of the molecule is O=C(O)c1cc(CCCl)cnc1C(=O)O. The summed E-state index contributed by atoms with van der Waals surface area (Å²) in [5, 5.41) is 17.5. The van der Waals surface area contributed by atoms with Crippen molar-refractivity contribution < 1.29 is 19.8 Å². The first-order chi connectivity index (χ1) is 7.06. The maximum absolute atomic E-state index is 10.7. The van der Waals surface area contributed by atoms with Crippen molar-refractivity contribution >= 4 is 23.5 Å². The molecule has 15 heavy (non-hydrogen) atoms. The van der Waals surface area contributed by atoms with Gasteiger partial charge in [-0.2, -0.15) is 0 Å². The highest BCUT2D eigenvalue weighted by atomic mass is 35.5. The molecule has 0 radical (unpaired) electrons. The van der Waals surface area contributed by atoms with Crippen LogP contribution in [0.5, 0.6) is 0 Å². The minimum Gasteiger partial charge on any atom is -0.478 e. The van der Waals surface area contributed by atoms with E-state index in [1.807, 2.05) is 0 Å². The van der Waals surface area contributed by atoms with Crippen molar-refractivity contribution in [2.24, 2.45) is 0 Å². The van der Waals surface area contributed by atoms with Gasteiger partial charge in [-0.15, -0.1) is 11.6 Å². The van der Waals surface area contributed by atoms with Gasteiger partial charge < -0.3 is 10.2 Å². The van der Waals surface area contributed by atoms with Crippen LogP contribution in [0.2, 0.25) is 0 Å². The molecule has 0 aromatic carbocycles. The van der Waals surface area contributed by atoms with E-state index in [9.17, 15) is 9.59 Å². The molecule has 0 spiro atoms. The molecule has 0 unspecified atom stereocenters. The minimum absolute atomic E-state index is 0.315. The van der Waals surface area contributed by atoms with E-state index in [2.05, 4.69) is 4.98 Å². The first-order valence-electron chi connectivity index (χ1n) is 4.07. The normalized spacial score (nSPS) is 9.93. The number of nitrogens with zero attached hydrogens (tertiary/aromatic N) is 1. The maximum atomic E-state index is 10.7. The first-order valence-corrected chi connectivity index (χ1v) is 4.61. The number of aromatic nitrogens is 1. The summed E-state index contributed by atoms with van der Waals surface area (Å²) in [7, 11) is 0. The van der Waals surface area contributed by atoms with Crippen LogP contribution in [0.25, 0.3) is 0 Å². The van der Waals surface area contributed by atoms with Gasteiger partial charge >= 0.3 is 11.9 Å². The van der Waals surface area contributed by atoms with Crippen molar-refractivity contribution in [1.29, 1.82) is 0 Å². The molecule has 0 aliphatic heterocycles. The van der Waals surface area contributed by atoms with Crippen LogP contribution in [0.15, 0.2) is 12.3 Å². The van der Waals surface area contributed by atoms with Crippen LogP contribution >= 0.6 is 11.6 Å². The van der Waals surface area contributed by atoms with Gasteiger partial charge in [0.2, 0.25) is 0 Å². The fourth-order valence-electron chi connectivity index (χ4n) is 1.09. The van der Waals surface area contributed by atoms with Gasteiger partial charge in [-0.25, -0.2) is 14.6 Å². The lowest BCUT2D eigenvalue weighted by molar-refractivity contribution is 0.0646. The Morgan fingerprint density at radius 1 is 1.33 bits per heavy atom. The second-order valence-electron chi connectivity index (χ2n) is 2.79. The lowest BCUT2D eigenvalue weighted by Gasteiger charge is -2.03. The van der Waals surface area contributed by atoms with Crippen molar-refractivity contribution in [3.05, 3.63) is 29.1 Å². The zero-order chi connectivity index (χ0) is 11.4.